The van der Waals surface area contributed by atoms with Crippen molar-refractivity contribution < 1.29 is 0 Å². The van der Waals surface area contributed by atoms with Crippen LogP contribution in [0.4, 0.5) is 0 Å². The van der Waals surface area contributed by atoms with Crippen LogP contribution in [0.2, 0.25) is 0 Å². The van der Waals surface area contributed by atoms with Crippen LogP contribution in [0.25, 0.3) is 0 Å². The standard InChI is InChI=1S/C7H12ClNO/c8-5-6-3-1-2-4-7(6)9-10/h6-7H,1-5H2. The van der Waals surface area contributed by atoms with Crippen molar-refractivity contribution in [1.82, 2.24) is 0 Å². The molecule has 10 heavy (non-hydrogen) atoms. The quantitative estimate of drug-likeness (QED) is 0.452. The van der Waals surface area contributed by atoms with Crippen LogP contribution in [0, 0.1) is 10.8 Å². The lowest BCUT2D eigenvalue weighted by Crippen LogP contribution is -2.23. The van der Waals surface area contributed by atoms with Gasteiger partial charge in [0.1, 0.15) is 0 Å². The molecular weight excluding hydrogens is 150 g/mol. The molecule has 0 aromatic carbocycles. The van der Waals surface area contributed by atoms with Gasteiger partial charge in [-0.2, -0.15) is 4.91 Å². The van der Waals surface area contributed by atoms with E-state index < -0.39 is 0 Å². The van der Waals surface area contributed by atoms with Crippen LogP contribution < -0.4 is 0 Å². The van der Waals surface area contributed by atoms with Crippen LogP contribution in [0.5, 0.6) is 0 Å². The summed E-state index contributed by atoms with van der Waals surface area (Å²) in [6, 6.07) is 0.00579. The Bertz CT molecular complexity index is 118. The third kappa shape index (κ3) is 1.69. The van der Waals surface area contributed by atoms with E-state index in [0.29, 0.717) is 11.8 Å². The van der Waals surface area contributed by atoms with E-state index in [1.54, 1.807) is 0 Å². The van der Waals surface area contributed by atoms with E-state index >= 15 is 0 Å². The summed E-state index contributed by atoms with van der Waals surface area (Å²) in [5.74, 6) is 0.948. The predicted molar refractivity (Wildman–Crippen MR) is 42.3 cm³/mol. The third-order valence-electron chi connectivity index (χ3n) is 2.20. The highest BCUT2D eigenvalue weighted by atomic mass is 35.5. The Morgan fingerprint density at radius 1 is 1.40 bits per heavy atom. The number of rotatable bonds is 2. The van der Waals surface area contributed by atoms with Crippen molar-refractivity contribution in [3.63, 3.8) is 0 Å². The number of nitroso groups, excluding NO2 is 1. The minimum Gasteiger partial charge on any atom is -0.151 e. The zero-order valence-electron chi connectivity index (χ0n) is 5.92. The van der Waals surface area contributed by atoms with E-state index in [0.717, 1.165) is 19.3 Å². The molecule has 0 radical (unpaired) electrons. The van der Waals surface area contributed by atoms with Gasteiger partial charge >= 0.3 is 0 Å². The van der Waals surface area contributed by atoms with E-state index in [1.165, 1.54) is 6.42 Å². The average Bonchev–Trinajstić information content (AvgIpc) is 2.04. The lowest BCUT2D eigenvalue weighted by Gasteiger charge is -2.23. The van der Waals surface area contributed by atoms with Gasteiger partial charge in [0.2, 0.25) is 0 Å². The largest absolute Gasteiger partial charge is 0.151 e. The van der Waals surface area contributed by atoms with Crippen LogP contribution in [0.1, 0.15) is 25.7 Å². The summed E-state index contributed by atoms with van der Waals surface area (Å²) in [4.78, 5) is 10.2. The Kier molecular flexibility index (Phi) is 3.13. The van der Waals surface area contributed by atoms with E-state index in [9.17, 15) is 4.91 Å². The first kappa shape index (κ1) is 7.99. The molecule has 1 aliphatic rings. The maximum Gasteiger partial charge on any atom is 0.0959 e. The molecule has 0 aliphatic heterocycles. The summed E-state index contributed by atoms with van der Waals surface area (Å²) in [5.41, 5.74) is 0. The second-order valence-corrected chi connectivity index (χ2v) is 3.18. The fraction of sp³-hybridized carbons (Fsp3) is 1.00. The molecule has 0 aromatic heterocycles. The summed E-state index contributed by atoms with van der Waals surface area (Å²) in [6.07, 6.45) is 4.38. The molecule has 2 unspecified atom stereocenters. The SMILES string of the molecule is O=NC1CCCCC1CCl. The van der Waals surface area contributed by atoms with E-state index in [4.69, 9.17) is 11.6 Å². The first-order valence-electron chi connectivity index (χ1n) is 3.77. The average molecular weight is 162 g/mol. The van der Waals surface area contributed by atoms with Gasteiger partial charge < -0.3 is 0 Å². The van der Waals surface area contributed by atoms with Crippen LogP contribution in [-0.2, 0) is 0 Å². The van der Waals surface area contributed by atoms with Gasteiger partial charge in [0.25, 0.3) is 0 Å². The molecule has 1 fully saturated rings. The second kappa shape index (κ2) is 3.91. The number of alkyl halides is 1. The summed E-state index contributed by atoms with van der Waals surface area (Å²) in [6.45, 7) is 0. The first-order chi connectivity index (χ1) is 4.88. The monoisotopic (exact) mass is 161 g/mol. The molecule has 3 heteroatoms. The zero-order chi connectivity index (χ0) is 7.40. The van der Waals surface area contributed by atoms with Crippen LogP contribution >= 0.6 is 11.6 Å². The molecule has 0 aromatic rings. The molecule has 0 saturated heterocycles. The Morgan fingerprint density at radius 2 is 2.10 bits per heavy atom. The summed E-state index contributed by atoms with van der Waals surface area (Å²) in [5, 5.41) is 3.07. The molecular formula is C7H12ClNO. The molecule has 1 saturated carbocycles. The maximum absolute atomic E-state index is 10.2. The van der Waals surface area contributed by atoms with Crippen LogP contribution in [-0.4, -0.2) is 11.9 Å². The summed E-state index contributed by atoms with van der Waals surface area (Å²) < 4.78 is 0. The third-order valence-corrected chi connectivity index (χ3v) is 2.60. The number of hydrogen-bond donors (Lipinski definition) is 0. The minimum atomic E-state index is 0.00579. The van der Waals surface area contributed by atoms with Gasteiger partial charge in [-0.15, -0.1) is 11.6 Å². The summed E-state index contributed by atoms with van der Waals surface area (Å²) in [7, 11) is 0. The molecule has 0 N–H and O–H groups in total. The fourth-order valence-corrected chi connectivity index (χ4v) is 1.87. The number of hydrogen-bond acceptors (Lipinski definition) is 2. The van der Waals surface area contributed by atoms with Gasteiger partial charge in [0.15, 0.2) is 0 Å². The highest BCUT2D eigenvalue weighted by Crippen LogP contribution is 2.27. The predicted octanol–water partition coefficient (Wildman–Crippen LogP) is 2.55. The highest BCUT2D eigenvalue weighted by Gasteiger charge is 2.24. The molecule has 0 heterocycles. The van der Waals surface area contributed by atoms with Crippen molar-refractivity contribution in [3.8, 4) is 0 Å². The van der Waals surface area contributed by atoms with E-state index in [2.05, 4.69) is 5.18 Å². The van der Waals surface area contributed by atoms with Crippen molar-refractivity contribution in [1.29, 1.82) is 0 Å². The van der Waals surface area contributed by atoms with Crippen molar-refractivity contribution >= 4 is 11.6 Å². The van der Waals surface area contributed by atoms with Crippen molar-refractivity contribution in [2.45, 2.75) is 31.7 Å². The maximum atomic E-state index is 10.2. The molecule has 0 bridgehead atoms. The fourth-order valence-electron chi connectivity index (χ4n) is 1.51. The molecule has 2 atom stereocenters. The Balaban J connectivity index is 2.41. The Morgan fingerprint density at radius 3 is 2.60 bits per heavy atom. The number of halogens is 1. The molecule has 58 valence electrons. The molecule has 2 nitrogen and oxygen atoms in total. The van der Waals surface area contributed by atoms with Crippen molar-refractivity contribution in [2.24, 2.45) is 11.1 Å². The van der Waals surface area contributed by atoms with Gasteiger partial charge in [-0.1, -0.05) is 18.0 Å². The molecule has 0 amide bonds. The van der Waals surface area contributed by atoms with Crippen LogP contribution in [0.3, 0.4) is 0 Å². The van der Waals surface area contributed by atoms with Gasteiger partial charge in [-0.25, -0.2) is 0 Å². The Labute approximate surface area is 65.9 Å². The smallest absolute Gasteiger partial charge is 0.0959 e. The van der Waals surface area contributed by atoms with Crippen LogP contribution in [0.15, 0.2) is 5.18 Å². The molecule has 0 spiro atoms. The van der Waals surface area contributed by atoms with Crippen molar-refractivity contribution in [3.05, 3.63) is 4.91 Å². The first-order valence-corrected chi connectivity index (χ1v) is 4.30. The van der Waals surface area contributed by atoms with Gasteiger partial charge in [-0.3, -0.25) is 0 Å². The van der Waals surface area contributed by atoms with E-state index in [1.807, 2.05) is 0 Å². The van der Waals surface area contributed by atoms with E-state index in [-0.39, 0.29) is 6.04 Å². The Hall–Kier alpha value is -0.110. The highest BCUT2D eigenvalue weighted by molar-refractivity contribution is 6.18. The zero-order valence-corrected chi connectivity index (χ0v) is 6.68. The summed E-state index contributed by atoms with van der Waals surface area (Å²) >= 11 is 5.65. The van der Waals surface area contributed by atoms with Gasteiger partial charge in [-0.05, 0) is 18.8 Å². The molecule has 1 aliphatic carbocycles. The lowest BCUT2D eigenvalue weighted by atomic mass is 9.86. The lowest BCUT2D eigenvalue weighted by molar-refractivity contribution is 0.334. The normalized spacial score (nSPS) is 33.7. The topological polar surface area (TPSA) is 29.4 Å². The second-order valence-electron chi connectivity index (χ2n) is 2.87. The minimum absolute atomic E-state index is 0.00579. The van der Waals surface area contributed by atoms with Gasteiger partial charge in [0, 0.05) is 5.88 Å². The number of nitrogens with zero attached hydrogens (tertiary/aromatic N) is 1. The molecule has 1 rings (SSSR count). The van der Waals surface area contributed by atoms with Gasteiger partial charge in [0.05, 0.1) is 6.04 Å². The van der Waals surface area contributed by atoms with Crippen molar-refractivity contribution in [2.75, 3.05) is 5.88 Å².